The van der Waals surface area contributed by atoms with Crippen LogP contribution < -0.4 is 5.32 Å². The number of halogens is 2. The van der Waals surface area contributed by atoms with Gasteiger partial charge in [0.25, 0.3) is 5.92 Å². The van der Waals surface area contributed by atoms with E-state index in [9.17, 15) is 13.6 Å². The van der Waals surface area contributed by atoms with E-state index in [0.717, 1.165) is 12.8 Å². The molecule has 4 nitrogen and oxygen atoms in total. The first-order valence-corrected chi connectivity index (χ1v) is 7.15. The lowest BCUT2D eigenvalue weighted by atomic mass is 9.85. The second-order valence-corrected chi connectivity index (χ2v) is 6.16. The fourth-order valence-corrected chi connectivity index (χ4v) is 2.98. The summed E-state index contributed by atoms with van der Waals surface area (Å²) < 4.78 is 25.8. The molecule has 1 N–H and O–H groups in total. The molecule has 20 heavy (non-hydrogen) atoms. The van der Waals surface area contributed by atoms with Gasteiger partial charge in [0.2, 0.25) is 5.91 Å². The zero-order valence-electron chi connectivity index (χ0n) is 12.0. The summed E-state index contributed by atoms with van der Waals surface area (Å²) in [6, 6.07) is 2.39. The van der Waals surface area contributed by atoms with Crippen molar-refractivity contribution < 1.29 is 13.6 Å². The summed E-state index contributed by atoms with van der Waals surface area (Å²) in [6.45, 7) is 4.85. The van der Waals surface area contributed by atoms with Gasteiger partial charge in [-0.2, -0.15) is 5.26 Å². The molecule has 0 bridgehead atoms. The molecular formula is C14H21F2N3O. The van der Waals surface area contributed by atoms with Crippen molar-refractivity contribution in [2.24, 2.45) is 5.92 Å². The van der Waals surface area contributed by atoms with Crippen LogP contribution in [0.4, 0.5) is 8.78 Å². The minimum absolute atomic E-state index is 0.257. The van der Waals surface area contributed by atoms with E-state index in [2.05, 4.69) is 18.3 Å². The number of nitrogens with zero attached hydrogens (tertiary/aromatic N) is 2. The maximum atomic E-state index is 12.9. The molecule has 0 aromatic rings. The molecule has 6 heteroatoms. The van der Waals surface area contributed by atoms with Crippen LogP contribution in [0.15, 0.2) is 0 Å². The summed E-state index contributed by atoms with van der Waals surface area (Å²) >= 11 is 0. The van der Waals surface area contributed by atoms with Gasteiger partial charge in [0.1, 0.15) is 5.92 Å². The Morgan fingerprint density at radius 2 is 2.15 bits per heavy atom. The molecule has 1 heterocycles. The molecule has 0 spiro atoms. The van der Waals surface area contributed by atoms with E-state index in [0.29, 0.717) is 19.5 Å². The predicted octanol–water partition coefficient (Wildman–Crippen LogP) is 1.91. The van der Waals surface area contributed by atoms with E-state index in [4.69, 9.17) is 5.26 Å². The van der Waals surface area contributed by atoms with Gasteiger partial charge in [-0.25, -0.2) is 8.78 Å². The highest BCUT2D eigenvalue weighted by Gasteiger charge is 2.64. The second kappa shape index (κ2) is 5.28. The van der Waals surface area contributed by atoms with E-state index >= 15 is 0 Å². The number of carbonyl (C=O) groups excluding carboxylic acids is 1. The first-order valence-electron chi connectivity index (χ1n) is 7.15. The number of rotatable bonds is 6. The number of likely N-dealkylation sites (tertiary alicyclic amines) is 1. The Labute approximate surface area is 118 Å². The topological polar surface area (TPSA) is 56.1 Å². The lowest BCUT2D eigenvalue weighted by molar-refractivity contribution is -0.143. The Morgan fingerprint density at radius 3 is 2.60 bits per heavy atom. The normalized spacial score (nSPS) is 27.4. The first-order chi connectivity index (χ1) is 9.33. The molecule has 2 atom stereocenters. The number of carbonyl (C=O) groups is 1. The quantitative estimate of drug-likeness (QED) is 0.811. The molecule has 1 saturated heterocycles. The molecule has 1 aliphatic heterocycles. The number of nitrogens with one attached hydrogen (secondary N) is 1. The van der Waals surface area contributed by atoms with Crippen LogP contribution in [0.2, 0.25) is 0 Å². The molecule has 0 aromatic heterocycles. The van der Waals surface area contributed by atoms with Crippen molar-refractivity contribution in [3.05, 3.63) is 0 Å². The van der Waals surface area contributed by atoms with Crippen LogP contribution in [0.1, 0.15) is 39.5 Å². The van der Waals surface area contributed by atoms with Crippen molar-refractivity contribution in [3.8, 4) is 6.07 Å². The van der Waals surface area contributed by atoms with Gasteiger partial charge in [0.05, 0.1) is 18.0 Å². The molecule has 1 unspecified atom stereocenters. The van der Waals surface area contributed by atoms with Crippen LogP contribution in [0.5, 0.6) is 0 Å². The summed E-state index contributed by atoms with van der Waals surface area (Å²) in [6.07, 6.45) is 1.99. The summed E-state index contributed by atoms with van der Waals surface area (Å²) in [5.41, 5.74) is -0.414. The van der Waals surface area contributed by atoms with Gasteiger partial charge in [-0.05, 0) is 13.3 Å². The fraction of sp³-hybridized carbons (Fsp3) is 0.857. The maximum Gasteiger partial charge on any atom is 0.260 e. The Balaban J connectivity index is 1.89. The van der Waals surface area contributed by atoms with Gasteiger partial charge in [-0.3, -0.25) is 4.79 Å². The van der Waals surface area contributed by atoms with Crippen LogP contribution in [-0.2, 0) is 4.79 Å². The van der Waals surface area contributed by atoms with E-state index in [-0.39, 0.29) is 12.5 Å². The molecule has 2 aliphatic rings. The number of alkyl halides is 2. The number of nitriles is 1. The van der Waals surface area contributed by atoms with Gasteiger partial charge >= 0.3 is 0 Å². The van der Waals surface area contributed by atoms with Crippen molar-refractivity contribution in [1.82, 2.24) is 10.2 Å². The van der Waals surface area contributed by atoms with Crippen LogP contribution in [0.25, 0.3) is 0 Å². The van der Waals surface area contributed by atoms with Gasteiger partial charge in [0, 0.05) is 25.6 Å². The zero-order valence-corrected chi connectivity index (χ0v) is 12.0. The molecule has 1 aliphatic carbocycles. The molecule has 1 saturated carbocycles. The Hall–Kier alpha value is -1.22. The number of hydrogen-bond acceptors (Lipinski definition) is 3. The zero-order chi connectivity index (χ0) is 15.0. The molecule has 0 radical (unpaired) electrons. The van der Waals surface area contributed by atoms with E-state index in [1.165, 1.54) is 4.90 Å². The summed E-state index contributed by atoms with van der Waals surface area (Å²) in [7, 11) is 0. The van der Waals surface area contributed by atoms with Crippen LogP contribution in [0.3, 0.4) is 0 Å². The molecular weight excluding hydrogens is 264 g/mol. The Morgan fingerprint density at radius 1 is 1.55 bits per heavy atom. The van der Waals surface area contributed by atoms with E-state index < -0.39 is 23.3 Å². The summed E-state index contributed by atoms with van der Waals surface area (Å²) in [5.74, 6) is -4.41. The standard InChI is InChI=1S/C14H21F2N3O/c1-3-4-10(2)18-13(5-6-17)8-19(9-13)12(20)11-7-14(11,15)16/h10-11,18H,3-5,7-9H2,1-2H3/t10?,11-/m0/s1. The molecule has 1 amide bonds. The number of hydrogen-bond donors (Lipinski definition) is 1. The third-order valence-corrected chi connectivity index (χ3v) is 4.11. The molecule has 2 fully saturated rings. The largest absolute Gasteiger partial charge is 0.338 e. The van der Waals surface area contributed by atoms with Crippen LogP contribution in [0, 0.1) is 17.2 Å². The molecule has 0 aromatic carbocycles. The third-order valence-electron chi connectivity index (χ3n) is 4.11. The summed E-state index contributed by atoms with van der Waals surface area (Å²) in [5, 5.41) is 12.3. The van der Waals surface area contributed by atoms with Crippen molar-refractivity contribution in [2.75, 3.05) is 13.1 Å². The molecule has 2 rings (SSSR count). The van der Waals surface area contributed by atoms with Crippen molar-refractivity contribution >= 4 is 5.91 Å². The highest BCUT2D eigenvalue weighted by molar-refractivity contribution is 5.84. The van der Waals surface area contributed by atoms with Gasteiger partial charge in [-0.15, -0.1) is 0 Å². The summed E-state index contributed by atoms with van der Waals surface area (Å²) in [4.78, 5) is 13.3. The van der Waals surface area contributed by atoms with Crippen LogP contribution in [-0.4, -0.2) is 41.4 Å². The predicted molar refractivity (Wildman–Crippen MR) is 70.1 cm³/mol. The SMILES string of the molecule is CCCC(C)NC1(CC#N)CN(C(=O)[C@@H]2CC2(F)F)C1. The lowest BCUT2D eigenvalue weighted by Crippen LogP contribution is -2.71. The van der Waals surface area contributed by atoms with Crippen molar-refractivity contribution in [3.63, 3.8) is 0 Å². The van der Waals surface area contributed by atoms with E-state index in [1.54, 1.807) is 0 Å². The minimum Gasteiger partial charge on any atom is -0.338 e. The Kier molecular flexibility index (Phi) is 4.01. The van der Waals surface area contributed by atoms with Gasteiger partial charge in [-0.1, -0.05) is 13.3 Å². The highest BCUT2D eigenvalue weighted by Crippen LogP contribution is 2.50. The van der Waals surface area contributed by atoms with Crippen molar-refractivity contribution in [1.29, 1.82) is 5.26 Å². The lowest BCUT2D eigenvalue weighted by Gasteiger charge is -2.51. The highest BCUT2D eigenvalue weighted by atomic mass is 19.3. The third kappa shape index (κ3) is 2.93. The smallest absolute Gasteiger partial charge is 0.260 e. The van der Waals surface area contributed by atoms with Gasteiger partial charge < -0.3 is 10.2 Å². The average Bonchev–Trinajstić information content (AvgIpc) is 2.94. The van der Waals surface area contributed by atoms with Gasteiger partial charge in [0.15, 0.2) is 0 Å². The minimum atomic E-state index is -2.81. The first kappa shape index (κ1) is 15.2. The average molecular weight is 285 g/mol. The molecule has 112 valence electrons. The second-order valence-electron chi connectivity index (χ2n) is 6.16. The Bertz CT molecular complexity index is 427. The van der Waals surface area contributed by atoms with Crippen molar-refractivity contribution in [2.45, 2.75) is 57.0 Å². The van der Waals surface area contributed by atoms with E-state index in [1.807, 2.05) is 6.92 Å². The van der Waals surface area contributed by atoms with Crippen LogP contribution >= 0.6 is 0 Å². The fourth-order valence-electron chi connectivity index (χ4n) is 2.98. The number of amides is 1. The monoisotopic (exact) mass is 285 g/mol. The maximum absolute atomic E-state index is 12.9.